The third kappa shape index (κ3) is 3.76. The molecule has 1 N–H and O–H groups in total. The third-order valence-corrected chi connectivity index (χ3v) is 6.11. The summed E-state index contributed by atoms with van der Waals surface area (Å²) in [6.07, 6.45) is 4.76. The fourth-order valence-electron chi connectivity index (χ4n) is 4.46. The first-order valence-corrected chi connectivity index (χ1v) is 8.80. The summed E-state index contributed by atoms with van der Waals surface area (Å²) in [6.45, 7) is 14.2. The fraction of sp³-hybridized carbons (Fsp3) is 1.00. The van der Waals surface area contributed by atoms with Crippen LogP contribution >= 0.6 is 0 Å². The highest BCUT2D eigenvalue weighted by molar-refractivity contribution is 4.88. The van der Waals surface area contributed by atoms with Gasteiger partial charge in [-0.3, -0.25) is 4.90 Å². The number of likely N-dealkylation sites (tertiary alicyclic amines) is 1. The van der Waals surface area contributed by atoms with Gasteiger partial charge in [-0.05, 0) is 62.2 Å². The predicted octanol–water partition coefficient (Wildman–Crippen LogP) is 3.79. The van der Waals surface area contributed by atoms with Crippen molar-refractivity contribution in [3.63, 3.8) is 0 Å². The van der Waals surface area contributed by atoms with Crippen molar-refractivity contribution in [2.24, 2.45) is 29.6 Å². The molecular formula is C18H35NO. The van der Waals surface area contributed by atoms with Crippen LogP contribution in [0.1, 0.15) is 60.3 Å². The van der Waals surface area contributed by atoms with Crippen LogP contribution in [0, 0.1) is 29.6 Å². The topological polar surface area (TPSA) is 23.5 Å². The summed E-state index contributed by atoms with van der Waals surface area (Å²) in [6, 6.07) is 0.679. The molecule has 1 aliphatic heterocycles. The SMILES string of the molecule is CC1CC(C)C(C)N(CC2CC(C(C)C)CCC2O)C1. The lowest BCUT2D eigenvalue weighted by Gasteiger charge is -2.45. The number of nitrogens with zero attached hydrogens (tertiary/aromatic N) is 1. The van der Waals surface area contributed by atoms with Crippen LogP contribution in [0.15, 0.2) is 0 Å². The summed E-state index contributed by atoms with van der Waals surface area (Å²) in [4.78, 5) is 2.66. The molecule has 6 unspecified atom stereocenters. The van der Waals surface area contributed by atoms with E-state index in [1.54, 1.807) is 0 Å². The molecule has 1 aliphatic carbocycles. The van der Waals surface area contributed by atoms with Gasteiger partial charge < -0.3 is 5.11 Å². The van der Waals surface area contributed by atoms with Gasteiger partial charge in [0.15, 0.2) is 0 Å². The Morgan fingerprint density at radius 2 is 1.80 bits per heavy atom. The Morgan fingerprint density at radius 1 is 1.10 bits per heavy atom. The van der Waals surface area contributed by atoms with Crippen LogP contribution in [-0.4, -0.2) is 35.2 Å². The van der Waals surface area contributed by atoms with Gasteiger partial charge in [-0.25, -0.2) is 0 Å². The van der Waals surface area contributed by atoms with Crippen LogP contribution in [0.5, 0.6) is 0 Å². The molecule has 2 aliphatic rings. The molecule has 2 heteroatoms. The zero-order valence-corrected chi connectivity index (χ0v) is 14.2. The minimum atomic E-state index is -0.0651. The molecule has 1 heterocycles. The summed E-state index contributed by atoms with van der Waals surface area (Å²) in [5.41, 5.74) is 0. The standard InChI is InChI=1S/C18H35NO/c1-12(2)16-6-7-18(20)17(9-16)11-19-10-13(3)8-14(4)15(19)5/h12-18,20H,6-11H2,1-5H3. The van der Waals surface area contributed by atoms with Crippen molar-refractivity contribution < 1.29 is 5.11 Å². The van der Waals surface area contributed by atoms with E-state index in [0.717, 1.165) is 36.6 Å². The highest BCUT2D eigenvalue weighted by Gasteiger charge is 2.35. The largest absolute Gasteiger partial charge is 0.393 e. The molecule has 2 nitrogen and oxygen atoms in total. The van der Waals surface area contributed by atoms with Crippen molar-refractivity contribution in [2.75, 3.05) is 13.1 Å². The first kappa shape index (κ1) is 16.3. The predicted molar refractivity (Wildman–Crippen MR) is 85.7 cm³/mol. The number of piperidine rings is 1. The summed E-state index contributed by atoms with van der Waals surface area (Å²) in [5, 5.41) is 10.4. The van der Waals surface area contributed by atoms with Crippen molar-refractivity contribution in [2.45, 2.75) is 72.4 Å². The minimum Gasteiger partial charge on any atom is -0.393 e. The molecular weight excluding hydrogens is 246 g/mol. The van der Waals surface area contributed by atoms with E-state index in [9.17, 15) is 5.11 Å². The van der Waals surface area contributed by atoms with Gasteiger partial charge in [0.25, 0.3) is 0 Å². The van der Waals surface area contributed by atoms with Gasteiger partial charge in [0.05, 0.1) is 6.10 Å². The Kier molecular flexibility index (Phi) is 5.53. The number of aliphatic hydroxyl groups is 1. The van der Waals surface area contributed by atoms with E-state index in [4.69, 9.17) is 0 Å². The van der Waals surface area contributed by atoms with Crippen molar-refractivity contribution in [1.82, 2.24) is 4.90 Å². The molecule has 0 aromatic heterocycles. The quantitative estimate of drug-likeness (QED) is 0.851. The minimum absolute atomic E-state index is 0.0651. The lowest BCUT2D eigenvalue weighted by Crippen LogP contribution is -2.50. The molecule has 1 saturated heterocycles. The average molecular weight is 281 g/mol. The molecule has 118 valence electrons. The second kappa shape index (κ2) is 6.79. The van der Waals surface area contributed by atoms with Crippen molar-refractivity contribution >= 4 is 0 Å². The molecule has 20 heavy (non-hydrogen) atoms. The van der Waals surface area contributed by atoms with Crippen molar-refractivity contribution in [1.29, 1.82) is 0 Å². The van der Waals surface area contributed by atoms with Crippen LogP contribution in [0.3, 0.4) is 0 Å². The lowest BCUT2D eigenvalue weighted by atomic mass is 9.74. The van der Waals surface area contributed by atoms with E-state index in [-0.39, 0.29) is 6.10 Å². The lowest BCUT2D eigenvalue weighted by molar-refractivity contribution is -0.00884. The summed E-state index contributed by atoms with van der Waals surface area (Å²) in [5.74, 6) is 3.68. The van der Waals surface area contributed by atoms with E-state index in [1.165, 1.54) is 25.8 Å². The summed E-state index contributed by atoms with van der Waals surface area (Å²) >= 11 is 0. The van der Waals surface area contributed by atoms with Crippen LogP contribution in [0.25, 0.3) is 0 Å². The zero-order chi connectivity index (χ0) is 14.9. The van der Waals surface area contributed by atoms with Crippen molar-refractivity contribution in [3.8, 4) is 0 Å². The van der Waals surface area contributed by atoms with E-state index in [0.29, 0.717) is 12.0 Å². The molecule has 0 amide bonds. The normalized spacial score (nSPS) is 44.0. The number of hydrogen-bond acceptors (Lipinski definition) is 2. The number of aliphatic hydroxyl groups excluding tert-OH is 1. The molecule has 6 atom stereocenters. The molecule has 0 bridgehead atoms. The van der Waals surface area contributed by atoms with E-state index in [2.05, 4.69) is 39.5 Å². The summed E-state index contributed by atoms with van der Waals surface area (Å²) < 4.78 is 0. The number of hydrogen-bond donors (Lipinski definition) is 1. The highest BCUT2D eigenvalue weighted by atomic mass is 16.3. The maximum atomic E-state index is 10.4. The first-order chi connectivity index (χ1) is 9.38. The molecule has 0 radical (unpaired) electrons. The number of rotatable bonds is 3. The average Bonchev–Trinajstić information content (AvgIpc) is 2.37. The Bertz CT molecular complexity index is 304. The van der Waals surface area contributed by atoms with Gasteiger partial charge in [-0.1, -0.05) is 27.7 Å². The van der Waals surface area contributed by atoms with Crippen LogP contribution in [0.4, 0.5) is 0 Å². The Balaban J connectivity index is 1.96. The Hall–Kier alpha value is -0.0800. The van der Waals surface area contributed by atoms with E-state index >= 15 is 0 Å². The van der Waals surface area contributed by atoms with Crippen LogP contribution < -0.4 is 0 Å². The Morgan fingerprint density at radius 3 is 2.45 bits per heavy atom. The van der Waals surface area contributed by atoms with Gasteiger partial charge in [0.1, 0.15) is 0 Å². The van der Waals surface area contributed by atoms with Gasteiger partial charge in [0, 0.05) is 19.1 Å². The fourth-order valence-corrected chi connectivity index (χ4v) is 4.46. The molecule has 1 saturated carbocycles. The van der Waals surface area contributed by atoms with Gasteiger partial charge >= 0.3 is 0 Å². The van der Waals surface area contributed by atoms with Crippen molar-refractivity contribution in [3.05, 3.63) is 0 Å². The second-order valence-electron chi connectivity index (χ2n) is 8.16. The van der Waals surface area contributed by atoms with Gasteiger partial charge in [-0.2, -0.15) is 0 Å². The molecule has 0 aromatic rings. The molecule has 0 aromatic carbocycles. The smallest absolute Gasteiger partial charge is 0.0580 e. The second-order valence-corrected chi connectivity index (χ2v) is 8.16. The molecule has 2 rings (SSSR count). The first-order valence-electron chi connectivity index (χ1n) is 8.80. The van der Waals surface area contributed by atoms with Gasteiger partial charge in [0.2, 0.25) is 0 Å². The third-order valence-electron chi connectivity index (χ3n) is 6.11. The summed E-state index contributed by atoms with van der Waals surface area (Å²) in [7, 11) is 0. The zero-order valence-electron chi connectivity index (χ0n) is 14.2. The maximum absolute atomic E-state index is 10.4. The molecule has 0 spiro atoms. The van der Waals surface area contributed by atoms with E-state index < -0.39 is 0 Å². The van der Waals surface area contributed by atoms with Gasteiger partial charge in [-0.15, -0.1) is 0 Å². The molecule has 2 fully saturated rings. The monoisotopic (exact) mass is 281 g/mol. The maximum Gasteiger partial charge on any atom is 0.0580 e. The van der Waals surface area contributed by atoms with Crippen LogP contribution in [-0.2, 0) is 0 Å². The van der Waals surface area contributed by atoms with E-state index in [1.807, 2.05) is 0 Å². The highest BCUT2D eigenvalue weighted by Crippen LogP contribution is 2.36. The van der Waals surface area contributed by atoms with Crippen LogP contribution in [0.2, 0.25) is 0 Å². The Labute approximate surface area is 125 Å².